The van der Waals surface area contributed by atoms with Gasteiger partial charge < -0.3 is 0 Å². The van der Waals surface area contributed by atoms with E-state index in [0.29, 0.717) is 5.15 Å². The molecule has 1 aromatic rings. The smallest absolute Gasteiger partial charge is 0.149 e. The Morgan fingerprint density at radius 1 is 1.41 bits per heavy atom. The molecule has 0 radical (unpaired) electrons. The maximum absolute atomic E-state index is 11.1. The number of rotatable bonds is 5. The minimum Gasteiger partial charge on any atom is -0.252 e. The minimum atomic E-state index is -3.02. The molecule has 0 aliphatic carbocycles. The summed E-state index contributed by atoms with van der Waals surface area (Å²) in [6.45, 7) is 4.25. The first-order valence-corrected chi connectivity index (χ1v) is 8.22. The van der Waals surface area contributed by atoms with Crippen LogP contribution in [-0.2, 0) is 22.3 Å². The fourth-order valence-corrected chi connectivity index (χ4v) is 2.61. The molecular weight excluding hydrogens is 283 g/mol. The third-order valence-electron chi connectivity index (χ3n) is 2.37. The van der Waals surface area contributed by atoms with Gasteiger partial charge in [0.25, 0.3) is 0 Å². The van der Waals surface area contributed by atoms with E-state index in [1.54, 1.807) is 0 Å². The van der Waals surface area contributed by atoms with E-state index in [-0.39, 0.29) is 24.1 Å². The molecular formula is C10H16Cl2N2O2S. The van der Waals surface area contributed by atoms with Crippen molar-refractivity contribution in [2.45, 2.75) is 32.2 Å². The number of aryl methyl sites for hydroxylation is 1. The van der Waals surface area contributed by atoms with Crippen LogP contribution in [0.25, 0.3) is 0 Å². The zero-order chi connectivity index (χ0) is 13.2. The Bertz CT molecular complexity index is 495. The van der Waals surface area contributed by atoms with Crippen LogP contribution in [-0.4, -0.2) is 30.2 Å². The van der Waals surface area contributed by atoms with Gasteiger partial charge in [0.1, 0.15) is 15.0 Å². The van der Waals surface area contributed by atoms with Crippen molar-refractivity contribution in [2.75, 3.05) is 12.0 Å². The molecule has 0 unspecified atom stereocenters. The lowest BCUT2D eigenvalue weighted by molar-refractivity contribution is 0.583. The fourth-order valence-electron chi connectivity index (χ4n) is 1.48. The van der Waals surface area contributed by atoms with E-state index in [0.717, 1.165) is 11.3 Å². The first-order chi connectivity index (χ1) is 7.76. The highest BCUT2D eigenvalue weighted by Gasteiger charge is 2.18. The summed E-state index contributed by atoms with van der Waals surface area (Å²) in [7, 11) is -3.02. The molecule has 0 saturated carbocycles. The van der Waals surface area contributed by atoms with Gasteiger partial charge in [-0.2, -0.15) is 5.10 Å². The third kappa shape index (κ3) is 3.86. The second-order valence-electron chi connectivity index (χ2n) is 4.30. The topological polar surface area (TPSA) is 52.0 Å². The summed E-state index contributed by atoms with van der Waals surface area (Å²) in [6.07, 6.45) is 1.19. The summed E-state index contributed by atoms with van der Waals surface area (Å²) in [5.74, 6) is 0.513. The molecule has 0 aliphatic rings. The van der Waals surface area contributed by atoms with E-state index in [2.05, 4.69) is 5.10 Å². The number of alkyl halides is 1. The van der Waals surface area contributed by atoms with Crippen LogP contribution >= 0.6 is 23.2 Å². The van der Waals surface area contributed by atoms with Crippen LogP contribution in [0.1, 0.15) is 31.0 Å². The van der Waals surface area contributed by atoms with E-state index in [9.17, 15) is 8.42 Å². The second-order valence-corrected chi connectivity index (χ2v) is 7.18. The van der Waals surface area contributed by atoms with Crippen LogP contribution in [0.5, 0.6) is 0 Å². The summed E-state index contributed by atoms with van der Waals surface area (Å²) < 4.78 is 23.7. The van der Waals surface area contributed by atoms with Crippen molar-refractivity contribution in [2.24, 2.45) is 0 Å². The molecule has 1 aromatic heterocycles. The van der Waals surface area contributed by atoms with E-state index in [4.69, 9.17) is 23.2 Å². The van der Waals surface area contributed by atoms with Crippen LogP contribution in [0.2, 0.25) is 5.15 Å². The lowest BCUT2D eigenvalue weighted by atomic mass is 10.1. The Balaban J connectivity index is 3.02. The largest absolute Gasteiger partial charge is 0.252 e. The molecule has 1 rings (SSSR count). The van der Waals surface area contributed by atoms with Crippen molar-refractivity contribution in [1.82, 2.24) is 9.78 Å². The average Bonchev–Trinajstić information content (AvgIpc) is 2.51. The van der Waals surface area contributed by atoms with Gasteiger partial charge in [0.15, 0.2) is 0 Å². The predicted octanol–water partition coefficient (Wildman–Crippen LogP) is 2.44. The highest BCUT2D eigenvalue weighted by molar-refractivity contribution is 7.90. The number of sulfone groups is 1. The molecule has 7 heteroatoms. The van der Waals surface area contributed by atoms with E-state index < -0.39 is 9.84 Å². The van der Waals surface area contributed by atoms with Gasteiger partial charge in [0, 0.05) is 11.8 Å². The molecule has 0 amide bonds. The number of nitrogens with zero attached hydrogens (tertiary/aromatic N) is 2. The maximum Gasteiger partial charge on any atom is 0.149 e. The molecule has 4 nitrogen and oxygen atoms in total. The maximum atomic E-state index is 11.1. The molecule has 0 fully saturated rings. The van der Waals surface area contributed by atoms with Crippen LogP contribution < -0.4 is 0 Å². The monoisotopic (exact) mass is 298 g/mol. The lowest BCUT2D eigenvalue weighted by Crippen LogP contribution is -2.12. The zero-order valence-electron chi connectivity index (χ0n) is 10.1. The molecule has 98 valence electrons. The highest BCUT2D eigenvalue weighted by atomic mass is 35.5. The molecule has 0 saturated heterocycles. The third-order valence-corrected chi connectivity index (χ3v) is 3.98. The Morgan fingerprint density at radius 3 is 2.35 bits per heavy atom. The second kappa shape index (κ2) is 5.59. The number of aromatic nitrogens is 2. The Labute approximate surface area is 112 Å². The highest BCUT2D eigenvalue weighted by Crippen LogP contribution is 2.27. The molecule has 0 aromatic carbocycles. The van der Waals surface area contributed by atoms with Crippen molar-refractivity contribution >= 4 is 33.0 Å². The van der Waals surface area contributed by atoms with Gasteiger partial charge in [-0.05, 0) is 5.92 Å². The van der Waals surface area contributed by atoms with Crippen LogP contribution in [0, 0.1) is 0 Å². The Hall–Kier alpha value is -0.260. The van der Waals surface area contributed by atoms with Crippen molar-refractivity contribution in [1.29, 1.82) is 0 Å². The standard InChI is InChI=1S/C10H16Cl2N2O2S/c1-7(2)9-8(6-11)10(12)14(13-9)4-5-17(3,15)16/h7H,4-6H2,1-3H3. The minimum absolute atomic E-state index is 0.0215. The molecule has 0 N–H and O–H groups in total. The van der Waals surface area contributed by atoms with Gasteiger partial charge in [0.05, 0.1) is 23.9 Å². The fraction of sp³-hybridized carbons (Fsp3) is 0.700. The van der Waals surface area contributed by atoms with Gasteiger partial charge >= 0.3 is 0 Å². The summed E-state index contributed by atoms with van der Waals surface area (Å²) in [4.78, 5) is 0. The Kier molecular flexibility index (Phi) is 4.86. The predicted molar refractivity (Wildman–Crippen MR) is 70.6 cm³/mol. The first-order valence-electron chi connectivity index (χ1n) is 5.25. The lowest BCUT2D eigenvalue weighted by Gasteiger charge is -2.01. The zero-order valence-corrected chi connectivity index (χ0v) is 12.4. The van der Waals surface area contributed by atoms with Gasteiger partial charge in [-0.1, -0.05) is 25.4 Å². The molecule has 1 heterocycles. The summed E-state index contributed by atoms with van der Waals surface area (Å²) in [5.41, 5.74) is 1.62. The van der Waals surface area contributed by atoms with Gasteiger partial charge in [-0.25, -0.2) is 8.42 Å². The van der Waals surface area contributed by atoms with Crippen LogP contribution in [0.4, 0.5) is 0 Å². The van der Waals surface area contributed by atoms with Gasteiger partial charge in [-0.3, -0.25) is 4.68 Å². The van der Waals surface area contributed by atoms with Crippen molar-refractivity contribution in [3.05, 3.63) is 16.4 Å². The summed E-state index contributed by atoms with van der Waals surface area (Å²) >= 11 is 12.0. The SMILES string of the molecule is CC(C)c1nn(CCS(C)(=O)=O)c(Cl)c1CCl. The van der Waals surface area contributed by atoms with Gasteiger partial charge in [-0.15, -0.1) is 11.6 Å². The summed E-state index contributed by atoms with van der Waals surface area (Å²) in [6, 6.07) is 0. The van der Waals surface area contributed by atoms with E-state index >= 15 is 0 Å². The average molecular weight is 299 g/mol. The van der Waals surface area contributed by atoms with E-state index in [1.165, 1.54) is 10.9 Å². The molecule has 0 aliphatic heterocycles. The van der Waals surface area contributed by atoms with Crippen LogP contribution in [0.3, 0.4) is 0 Å². The number of hydrogen-bond donors (Lipinski definition) is 0. The molecule has 0 bridgehead atoms. The normalized spacial score (nSPS) is 12.4. The van der Waals surface area contributed by atoms with Crippen molar-refractivity contribution in [3.8, 4) is 0 Å². The quantitative estimate of drug-likeness (QED) is 0.785. The Morgan fingerprint density at radius 2 is 2.00 bits per heavy atom. The molecule has 17 heavy (non-hydrogen) atoms. The molecule has 0 atom stereocenters. The number of hydrogen-bond acceptors (Lipinski definition) is 3. The van der Waals surface area contributed by atoms with Gasteiger partial charge in [0.2, 0.25) is 0 Å². The van der Waals surface area contributed by atoms with Crippen molar-refractivity contribution < 1.29 is 8.42 Å². The van der Waals surface area contributed by atoms with Crippen LogP contribution in [0.15, 0.2) is 0 Å². The van der Waals surface area contributed by atoms with E-state index in [1.807, 2.05) is 13.8 Å². The molecule has 0 spiro atoms. The number of halogens is 2. The van der Waals surface area contributed by atoms with Crippen molar-refractivity contribution in [3.63, 3.8) is 0 Å². The summed E-state index contributed by atoms with van der Waals surface area (Å²) in [5, 5.41) is 4.76. The first kappa shape index (κ1) is 14.8.